The fourth-order valence-corrected chi connectivity index (χ4v) is 3.63. The van der Waals surface area contributed by atoms with E-state index in [-0.39, 0.29) is 44.5 Å². The summed E-state index contributed by atoms with van der Waals surface area (Å²) in [6, 6.07) is 10.9. The number of nitrogens with zero attached hydrogens (tertiary/aromatic N) is 1. The molecule has 0 radical (unpaired) electrons. The molecule has 0 atom stereocenters. The summed E-state index contributed by atoms with van der Waals surface area (Å²) < 4.78 is 0. The number of aromatic carboxylic acids is 2. The average Bonchev–Trinajstić information content (AvgIpc) is 2.97. The van der Waals surface area contributed by atoms with Gasteiger partial charge in [0, 0.05) is 10.9 Å². The fraction of sp³-hybridized carbons (Fsp3) is 0.0455. The Labute approximate surface area is 169 Å². The third-order valence-corrected chi connectivity index (χ3v) is 5.00. The second-order valence-corrected chi connectivity index (χ2v) is 6.73. The van der Waals surface area contributed by atoms with Crippen LogP contribution in [0.3, 0.4) is 0 Å². The van der Waals surface area contributed by atoms with Crippen LogP contribution >= 0.6 is 0 Å². The summed E-state index contributed by atoms with van der Waals surface area (Å²) >= 11 is 0. The number of imide groups is 1. The molecule has 0 bridgehead atoms. The van der Waals surface area contributed by atoms with Crippen molar-refractivity contribution in [3.63, 3.8) is 0 Å². The van der Waals surface area contributed by atoms with Crippen molar-refractivity contribution in [2.75, 3.05) is 4.90 Å². The second kappa shape index (κ2) is 6.63. The largest absolute Gasteiger partial charge is 0.478 e. The highest BCUT2D eigenvalue weighted by Crippen LogP contribution is 2.36. The number of Topliss-reactive ketones (excluding diaryl/α,β-unsaturated/α-hetero) is 1. The van der Waals surface area contributed by atoms with E-state index in [1.54, 1.807) is 0 Å². The number of hydrogen-bond donors (Lipinski definition) is 2. The first-order valence-electron chi connectivity index (χ1n) is 8.78. The lowest BCUT2D eigenvalue weighted by molar-refractivity contribution is 0.0695. The van der Waals surface area contributed by atoms with Crippen molar-refractivity contribution in [2.45, 2.75) is 6.92 Å². The summed E-state index contributed by atoms with van der Waals surface area (Å²) in [6.45, 7) is 1.39. The SMILES string of the molecule is CC(=O)c1ccc(N2C(=O)c3cc(C(=O)O)c4c(C(=O)O)cccc4c3C2=O)cc1. The van der Waals surface area contributed by atoms with E-state index in [0.29, 0.717) is 5.56 Å². The number of carboxylic acid groups (broad SMARTS) is 2. The number of carbonyl (C=O) groups excluding carboxylic acids is 3. The van der Waals surface area contributed by atoms with Crippen LogP contribution in [0.25, 0.3) is 10.8 Å². The molecule has 0 aromatic heterocycles. The monoisotopic (exact) mass is 403 g/mol. The standard InChI is InChI=1S/C22H13NO7/c1-10(24)11-5-7-12(8-6-11)23-19(25)15-9-16(22(29)30)17-13(18(15)20(23)26)3-2-4-14(17)21(27)28/h2-9H,1H3,(H,27,28)(H,29,30). The van der Waals surface area contributed by atoms with Crippen LogP contribution < -0.4 is 4.90 Å². The highest BCUT2D eigenvalue weighted by atomic mass is 16.4. The number of rotatable bonds is 4. The van der Waals surface area contributed by atoms with Crippen molar-refractivity contribution in [2.24, 2.45) is 0 Å². The molecule has 3 aromatic rings. The van der Waals surface area contributed by atoms with Gasteiger partial charge in [0.05, 0.1) is 27.9 Å². The molecule has 3 aromatic carbocycles. The predicted molar refractivity (Wildman–Crippen MR) is 105 cm³/mol. The zero-order valence-electron chi connectivity index (χ0n) is 15.5. The van der Waals surface area contributed by atoms with E-state index >= 15 is 0 Å². The molecule has 0 saturated carbocycles. The molecule has 0 fully saturated rings. The molecule has 4 rings (SSSR count). The topological polar surface area (TPSA) is 129 Å². The molecule has 1 aliphatic rings. The lowest BCUT2D eigenvalue weighted by Gasteiger charge is -2.14. The number of anilines is 1. The molecule has 0 aliphatic carbocycles. The molecule has 2 N–H and O–H groups in total. The summed E-state index contributed by atoms with van der Waals surface area (Å²) in [5, 5.41) is 19.0. The maximum Gasteiger partial charge on any atom is 0.336 e. The van der Waals surface area contributed by atoms with Crippen LogP contribution in [0.4, 0.5) is 5.69 Å². The normalized spacial score (nSPS) is 12.9. The van der Waals surface area contributed by atoms with Gasteiger partial charge >= 0.3 is 11.9 Å². The summed E-state index contributed by atoms with van der Waals surface area (Å²) in [5.41, 5.74) is -0.221. The summed E-state index contributed by atoms with van der Waals surface area (Å²) in [7, 11) is 0. The number of ketones is 1. The van der Waals surface area contributed by atoms with Crippen molar-refractivity contribution in [1.82, 2.24) is 0 Å². The molecule has 30 heavy (non-hydrogen) atoms. The number of carbonyl (C=O) groups is 5. The minimum absolute atomic E-state index is 0.0567. The summed E-state index contributed by atoms with van der Waals surface area (Å²) in [6.07, 6.45) is 0. The van der Waals surface area contributed by atoms with Gasteiger partial charge in [-0.3, -0.25) is 14.4 Å². The van der Waals surface area contributed by atoms with Gasteiger partial charge < -0.3 is 10.2 Å². The Balaban J connectivity index is 1.97. The Morgan fingerprint density at radius 3 is 2.03 bits per heavy atom. The van der Waals surface area contributed by atoms with Gasteiger partial charge in [-0.2, -0.15) is 0 Å². The van der Waals surface area contributed by atoms with Crippen molar-refractivity contribution < 1.29 is 34.2 Å². The van der Waals surface area contributed by atoms with Gasteiger partial charge in [0.15, 0.2) is 5.78 Å². The van der Waals surface area contributed by atoms with E-state index < -0.39 is 23.8 Å². The Hall–Kier alpha value is -4.33. The van der Waals surface area contributed by atoms with E-state index in [2.05, 4.69) is 0 Å². The van der Waals surface area contributed by atoms with Crippen LogP contribution in [0, 0.1) is 0 Å². The minimum Gasteiger partial charge on any atom is -0.478 e. The zero-order chi connectivity index (χ0) is 21.7. The van der Waals surface area contributed by atoms with Gasteiger partial charge in [0.2, 0.25) is 0 Å². The van der Waals surface area contributed by atoms with Gasteiger partial charge in [-0.05, 0) is 48.7 Å². The van der Waals surface area contributed by atoms with Crippen LogP contribution in [0.2, 0.25) is 0 Å². The van der Waals surface area contributed by atoms with Crippen LogP contribution in [0.15, 0.2) is 48.5 Å². The number of carboxylic acids is 2. The maximum absolute atomic E-state index is 13.1. The molecular formula is C22H13NO7. The molecule has 0 unspecified atom stereocenters. The first-order valence-corrected chi connectivity index (χ1v) is 8.78. The predicted octanol–water partition coefficient (Wildman–Crippen LogP) is 3.24. The van der Waals surface area contributed by atoms with Gasteiger partial charge in [0.25, 0.3) is 11.8 Å². The molecule has 1 aliphatic heterocycles. The summed E-state index contributed by atoms with van der Waals surface area (Å²) in [4.78, 5) is 61.9. The first kappa shape index (κ1) is 19.0. The van der Waals surface area contributed by atoms with Crippen LogP contribution in [-0.4, -0.2) is 39.7 Å². The number of fused-ring (bicyclic) bond motifs is 3. The zero-order valence-corrected chi connectivity index (χ0v) is 15.5. The smallest absolute Gasteiger partial charge is 0.336 e. The molecule has 2 amide bonds. The minimum atomic E-state index is -1.42. The summed E-state index contributed by atoms with van der Waals surface area (Å²) in [5.74, 6) is -4.37. The maximum atomic E-state index is 13.1. The van der Waals surface area contributed by atoms with Crippen molar-refractivity contribution in [3.05, 3.63) is 76.3 Å². The molecular weight excluding hydrogens is 390 g/mol. The fourth-order valence-electron chi connectivity index (χ4n) is 3.63. The highest BCUT2D eigenvalue weighted by molar-refractivity contribution is 6.39. The molecule has 0 spiro atoms. The van der Waals surface area contributed by atoms with Crippen LogP contribution in [0.1, 0.15) is 58.7 Å². The van der Waals surface area contributed by atoms with E-state index in [1.807, 2.05) is 0 Å². The molecule has 148 valence electrons. The lowest BCUT2D eigenvalue weighted by atomic mass is 9.92. The number of hydrogen-bond acceptors (Lipinski definition) is 5. The van der Waals surface area contributed by atoms with Gasteiger partial charge in [-0.15, -0.1) is 0 Å². The van der Waals surface area contributed by atoms with Crippen LogP contribution in [-0.2, 0) is 0 Å². The lowest BCUT2D eigenvalue weighted by Crippen LogP contribution is -2.29. The first-order chi connectivity index (χ1) is 14.2. The Bertz CT molecular complexity index is 1310. The Morgan fingerprint density at radius 1 is 0.833 bits per heavy atom. The Morgan fingerprint density at radius 2 is 1.47 bits per heavy atom. The van der Waals surface area contributed by atoms with Crippen molar-refractivity contribution in [3.8, 4) is 0 Å². The molecule has 8 heteroatoms. The van der Waals surface area contributed by atoms with Gasteiger partial charge in [0.1, 0.15) is 0 Å². The number of benzene rings is 3. The van der Waals surface area contributed by atoms with Gasteiger partial charge in [-0.25, -0.2) is 14.5 Å². The van der Waals surface area contributed by atoms with Crippen LogP contribution in [0.5, 0.6) is 0 Å². The van der Waals surface area contributed by atoms with Crippen molar-refractivity contribution >= 4 is 46.0 Å². The highest BCUT2D eigenvalue weighted by Gasteiger charge is 2.40. The van der Waals surface area contributed by atoms with E-state index in [4.69, 9.17) is 0 Å². The Kier molecular flexibility index (Phi) is 4.20. The van der Waals surface area contributed by atoms with E-state index in [1.165, 1.54) is 49.4 Å². The molecule has 1 heterocycles. The second-order valence-electron chi connectivity index (χ2n) is 6.73. The third kappa shape index (κ3) is 2.66. The van der Waals surface area contributed by atoms with E-state index in [0.717, 1.165) is 11.0 Å². The quantitative estimate of drug-likeness (QED) is 0.505. The number of amides is 2. The average molecular weight is 403 g/mol. The third-order valence-electron chi connectivity index (χ3n) is 5.00. The molecule has 0 saturated heterocycles. The van der Waals surface area contributed by atoms with E-state index in [9.17, 15) is 34.2 Å². The van der Waals surface area contributed by atoms with Crippen molar-refractivity contribution in [1.29, 1.82) is 0 Å². The molecule has 8 nitrogen and oxygen atoms in total. The van der Waals surface area contributed by atoms with Gasteiger partial charge in [-0.1, -0.05) is 12.1 Å².